The first-order valence-corrected chi connectivity index (χ1v) is 5.44. The molecule has 1 N–H and O–H groups in total. The molecule has 0 aromatic heterocycles. The van der Waals surface area contributed by atoms with Crippen LogP contribution in [0.4, 0.5) is 0 Å². The van der Waals surface area contributed by atoms with Crippen LogP contribution in [0.5, 0.6) is 0 Å². The van der Waals surface area contributed by atoms with Crippen LogP contribution in [0.3, 0.4) is 0 Å². The van der Waals surface area contributed by atoms with Crippen LogP contribution in [0.25, 0.3) is 0 Å². The number of hydrogen-bond acceptors (Lipinski definition) is 1. The van der Waals surface area contributed by atoms with Crippen LogP contribution in [0.15, 0.2) is 24.3 Å². The van der Waals surface area contributed by atoms with E-state index in [2.05, 4.69) is 0 Å². The van der Waals surface area contributed by atoms with E-state index < -0.39 is 11.4 Å². The van der Waals surface area contributed by atoms with E-state index in [0.29, 0.717) is 0 Å². The molecular formula is C12H11ClO2. The van der Waals surface area contributed by atoms with Gasteiger partial charge in [-0.15, -0.1) is 0 Å². The molecule has 3 aliphatic carbocycles. The van der Waals surface area contributed by atoms with Gasteiger partial charge in [-0.2, -0.15) is 0 Å². The van der Waals surface area contributed by atoms with Crippen molar-refractivity contribution >= 4 is 17.6 Å². The van der Waals surface area contributed by atoms with Gasteiger partial charge in [0, 0.05) is 10.4 Å². The average Bonchev–Trinajstić information content (AvgIpc) is 2.02. The lowest BCUT2D eigenvalue weighted by Gasteiger charge is -2.68. The SMILES string of the molecule is O=C(O)C12CC(c3ccccc3Cl)(C1)C2. The summed E-state index contributed by atoms with van der Waals surface area (Å²) in [5.41, 5.74) is 0.797. The highest BCUT2D eigenvalue weighted by atomic mass is 35.5. The molecule has 1 aromatic rings. The fourth-order valence-corrected chi connectivity index (χ4v) is 3.53. The Morgan fingerprint density at radius 2 is 1.87 bits per heavy atom. The van der Waals surface area contributed by atoms with Crippen LogP contribution in [0.1, 0.15) is 24.8 Å². The summed E-state index contributed by atoms with van der Waals surface area (Å²) in [4.78, 5) is 11.0. The van der Waals surface area contributed by atoms with Crippen molar-refractivity contribution in [3.05, 3.63) is 34.9 Å². The first-order chi connectivity index (χ1) is 7.08. The van der Waals surface area contributed by atoms with Crippen molar-refractivity contribution in [1.29, 1.82) is 0 Å². The summed E-state index contributed by atoms with van der Waals surface area (Å²) in [5, 5.41) is 9.80. The van der Waals surface area contributed by atoms with Crippen LogP contribution in [0, 0.1) is 5.41 Å². The van der Waals surface area contributed by atoms with E-state index in [-0.39, 0.29) is 5.41 Å². The molecule has 0 unspecified atom stereocenters. The summed E-state index contributed by atoms with van der Waals surface area (Å²) in [6, 6.07) is 7.78. The first-order valence-electron chi connectivity index (χ1n) is 5.07. The lowest BCUT2D eigenvalue weighted by molar-refractivity contribution is -0.194. The van der Waals surface area contributed by atoms with E-state index in [1.165, 1.54) is 0 Å². The monoisotopic (exact) mass is 222 g/mol. The van der Waals surface area contributed by atoms with E-state index in [9.17, 15) is 4.79 Å². The molecule has 2 nitrogen and oxygen atoms in total. The van der Waals surface area contributed by atoms with Crippen LogP contribution >= 0.6 is 11.6 Å². The van der Waals surface area contributed by atoms with Crippen LogP contribution in [-0.2, 0) is 10.2 Å². The van der Waals surface area contributed by atoms with Gasteiger partial charge in [0.25, 0.3) is 0 Å². The number of carbonyl (C=O) groups is 1. The van der Waals surface area contributed by atoms with Gasteiger partial charge in [-0.3, -0.25) is 4.79 Å². The zero-order chi connectivity index (χ0) is 10.7. The largest absolute Gasteiger partial charge is 0.481 e. The minimum absolute atomic E-state index is 0.0801. The third-order valence-electron chi connectivity index (χ3n) is 3.93. The molecule has 4 rings (SSSR count). The number of carboxylic acids is 1. The molecule has 78 valence electrons. The van der Waals surface area contributed by atoms with Gasteiger partial charge in [0.2, 0.25) is 0 Å². The molecule has 0 saturated heterocycles. The second-order valence-electron chi connectivity index (χ2n) is 4.88. The van der Waals surface area contributed by atoms with Gasteiger partial charge >= 0.3 is 5.97 Å². The number of rotatable bonds is 2. The molecule has 3 fully saturated rings. The van der Waals surface area contributed by atoms with E-state index >= 15 is 0 Å². The molecule has 0 atom stereocenters. The van der Waals surface area contributed by atoms with E-state index in [4.69, 9.17) is 16.7 Å². The smallest absolute Gasteiger partial charge is 0.309 e. The molecular weight excluding hydrogens is 212 g/mol. The molecule has 0 aliphatic heterocycles. The minimum atomic E-state index is -0.642. The Hall–Kier alpha value is -1.02. The molecule has 15 heavy (non-hydrogen) atoms. The summed E-state index contributed by atoms with van der Waals surface area (Å²) in [6.07, 6.45) is 2.29. The highest BCUT2D eigenvalue weighted by Gasteiger charge is 2.72. The van der Waals surface area contributed by atoms with Gasteiger partial charge < -0.3 is 5.11 Å². The van der Waals surface area contributed by atoms with Gasteiger partial charge in [0.05, 0.1) is 5.41 Å². The molecule has 2 bridgehead atoms. The van der Waals surface area contributed by atoms with Crippen molar-refractivity contribution in [2.45, 2.75) is 24.7 Å². The molecule has 0 heterocycles. The Bertz CT molecular complexity index is 433. The summed E-state index contributed by atoms with van der Waals surface area (Å²) in [7, 11) is 0. The quantitative estimate of drug-likeness (QED) is 0.836. The maximum Gasteiger partial charge on any atom is 0.309 e. The van der Waals surface area contributed by atoms with Crippen molar-refractivity contribution in [1.82, 2.24) is 0 Å². The Morgan fingerprint density at radius 3 is 2.40 bits per heavy atom. The van der Waals surface area contributed by atoms with Gasteiger partial charge in [0.1, 0.15) is 0 Å². The van der Waals surface area contributed by atoms with Crippen LogP contribution in [-0.4, -0.2) is 11.1 Å². The maximum atomic E-state index is 11.0. The Labute approximate surface area is 92.9 Å². The zero-order valence-electron chi connectivity index (χ0n) is 8.16. The fourth-order valence-electron chi connectivity index (χ4n) is 3.19. The number of halogens is 1. The summed E-state index contributed by atoms with van der Waals surface area (Å²) < 4.78 is 0. The predicted molar refractivity (Wildman–Crippen MR) is 57.0 cm³/mol. The number of benzene rings is 1. The second kappa shape index (κ2) is 2.56. The van der Waals surface area contributed by atoms with Crippen molar-refractivity contribution in [2.75, 3.05) is 0 Å². The Morgan fingerprint density at radius 1 is 1.27 bits per heavy atom. The van der Waals surface area contributed by atoms with Gasteiger partial charge in [-0.05, 0) is 30.9 Å². The summed E-state index contributed by atoms with van der Waals surface area (Å²) in [5.74, 6) is -0.642. The third-order valence-corrected chi connectivity index (χ3v) is 4.26. The van der Waals surface area contributed by atoms with Gasteiger partial charge in [-0.25, -0.2) is 0 Å². The molecule has 0 amide bonds. The van der Waals surface area contributed by atoms with Crippen molar-refractivity contribution in [2.24, 2.45) is 5.41 Å². The number of carboxylic acid groups (broad SMARTS) is 1. The Balaban J connectivity index is 1.90. The van der Waals surface area contributed by atoms with Crippen molar-refractivity contribution in [3.63, 3.8) is 0 Å². The van der Waals surface area contributed by atoms with Gasteiger partial charge in [0.15, 0.2) is 0 Å². The Kier molecular flexibility index (Phi) is 1.57. The summed E-state index contributed by atoms with van der Waals surface area (Å²) in [6.45, 7) is 0. The molecule has 0 radical (unpaired) electrons. The lowest BCUT2D eigenvalue weighted by atomic mass is 9.33. The third kappa shape index (κ3) is 0.979. The van der Waals surface area contributed by atoms with Crippen LogP contribution in [0.2, 0.25) is 5.02 Å². The average molecular weight is 223 g/mol. The molecule has 1 aromatic carbocycles. The number of aliphatic carboxylic acids is 1. The summed E-state index contributed by atoms with van der Waals surface area (Å²) >= 11 is 6.12. The minimum Gasteiger partial charge on any atom is -0.481 e. The van der Waals surface area contributed by atoms with Crippen molar-refractivity contribution < 1.29 is 9.90 Å². The first kappa shape index (κ1) is 9.22. The number of hydrogen-bond donors (Lipinski definition) is 1. The predicted octanol–water partition coefficient (Wildman–Crippen LogP) is 2.85. The highest BCUT2D eigenvalue weighted by Crippen LogP contribution is 2.74. The standard InChI is InChI=1S/C12H11ClO2/c13-9-4-2-1-3-8(9)11-5-12(6-11,7-11)10(14)15/h1-4H,5-7H2,(H,14,15). The van der Waals surface area contributed by atoms with E-state index in [1.54, 1.807) is 0 Å². The topological polar surface area (TPSA) is 37.3 Å². The van der Waals surface area contributed by atoms with Gasteiger partial charge in [-0.1, -0.05) is 29.8 Å². The molecule has 3 heteroatoms. The molecule has 3 aliphatic rings. The van der Waals surface area contributed by atoms with Crippen LogP contribution < -0.4 is 0 Å². The van der Waals surface area contributed by atoms with E-state index in [0.717, 1.165) is 29.8 Å². The fraction of sp³-hybridized carbons (Fsp3) is 0.417. The lowest BCUT2D eigenvalue weighted by Crippen LogP contribution is -2.67. The normalized spacial score (nSPS) is 36.6. The second-order valence-corrected chi connectivity index (χ2v) is 5.28. The molecule has 3 saturated carbocycles. The zero-order valence-corrected chi connectivity index (χ0v) is 8.92. The maximum absolute atomic E-state index is 11.0. The highest BCUT2D eigenvalue weighted by molar-refractivity contribution is 6.31. The molecule has 0 spiro atoms. The van der Waals surface area contributed by atoms with Crippen molar-refractivity contribution in [3.8, 4) is 0 Å². The van der Waals surface area contributed by atoms with E-state index in [1.807, 2.05) is 24.3 Å².